The Morgan fingerprint density at radius 1 is 1.29 bits per heavy atom. The second-order valence-corrected chi connectivity index (χ2v) is 7.71. The molecule has 2 aromatic heterocycles. The van der Waals surface area contributed by atoms with Gasteiger partial charge < -0.3 is 25.3 Å². The Labute approximate surface area is 181 Å². The summed E-state index contributed by atoms with van der Waals surface area (Å²) in [6, 6.07) is 5.70. The summed E-state index contributed by atoms with van der Waals surface area (Å²) in [5.74, 6) is 0.762. The van der Waals surface area contributed by atoms with Gasteiger partial charge in [-0.25, -0.2) is 4.98 Å². The predicted octanol–water partition coefficient (Wildman–Crippen LogP) is 0.990. The van der Waals surface area contributed by atoms with Gasteiger partial charge in [0.2, 0.25) is 5.91 Å². The highest BCUT2D eigenvalue weighted by atomic mass is 16.5. The summed E-state index contributed by atoms with van der Waals surface area (Å²) in [6.45, 7) is 5.21. The number of pyridine rings is 2. The van der Waals surface area contributed by atoms with Crippen molar-refractivity contribution >= 4 is 17.4 Å². The highest BCUT2D eigenvalue weighted by Crippen LogP contribution is 2.22. The molecule has 3 N–H and O–H groups in total. The molecule has 0 spiro atoms. The molecule has 2 aliphatic heterocycles. The normalized spacial score (nSPS) is 17.5. The summed E-state index contributed by atoms with van der Waals surface area (Å²) >= 11 is 0. The van der Waals surface area contributed by atoms with Crippen LogP contribution in [0.5, 0.6) is 0 Å². The Hall–Kier alpha value is -3.17. The number of aromatic amines is 1. The van der Waals surface area contributed by atoms with Crippen molar-refractivity contribution in [3.8, 4) is 11.1 Å². The molecule has 0 aromatic carbocycles. The van der Waals surface area contributed by atoms with E-state index in [2.05, 4.69) is 25.5 Å². The number of rotatable bonds is 7. The van der Waals surface area contributed by atoms with Gasteiger partial charge in [-0.2, -0.15) is 0 Å². The number of likely N-dealkylation sites (tertiary alicyclic amines) is 1. The molecule has 4 heterocycles. The number of carbonyl (C=O) groups excluding carboxylic acids is 1. The molecular formula is C22H28N6O3. The van der Waals surface area contributed by atoms with E-state index < -0.39 is 0 Å². The van der Waals surface area contributed by atoms with Crippen molar-refractivity contribution < 1.29 is 9.53 Å². The number of nitrogens with zero attached hydrogens (tertiary/aromatic N) is 3. The molecule has 9 nitrogen and oxygen atoms in total. The lowest BCUT2D eigenvalue weighted by Gasteiger charge is -2.39. The highest BCUT2D eigenvalue weighted by molar-refractivity contribution is 5.88. The molecule has 2 fully saturated rings. The number of hydrogen-bond acceptors (Lipinski definition) is 7. The van der Waals surface area contributed by atoms with Crippen LogP contribution >= 0.6 is 0 Å². The Bertz CT molecular complexity index is 993. The van der Waals surface area contributed by atoms with E-state index >= 15 is 0 Å². The Morgan fingerprint density at radius 2 is 2.10 bits per heavy atom. The van der Waals surface area contributed by atoms with E-state index in [1.807, 2.05) is 31.3 Å². The molecule has 0 unspecified atom stereocenters. The lowest BCUT2D eigenvalue weighted by molar-refractivity contribution is -0.129. The van der Waals surface area contributed by atoms with Crippen LogP contribution in [-0.4, -0.2) is 84.7 Å². The SMILES string of the molecule is CNc1cc(-c2c[nH]c(=O)c(NC3CN(C(=O)/C=C/CN4CCOCC4)C3)c2)ccn1. The number of carbonyl (C=O) groups is 1. The zero-order valence-electron chi connectivity index (χ0n) is 17.6. The summed E-state index contributed by atoms with van der Waals surface area (Å²) in [7, 11) is 1.81. The second-order valence-electron chi connectivity index (χ2n) is 7.71. The van der Waals surface area contributed by atoms with Crippen LogP contribution in [-0.2, 0) is 9.53 Å². The maximum absolute atomic E-state index is 12.3. The van der Waals surface area contributed by atoms with Gasteiger partial charge in [-0.05, 0) is 23.8 Å². The van der Waals surface area contributed by atoms with Gasteiger partial charge in [0.1, 0.15) is 11.5 Å². The van der Waals surface area contributed by atoms with Crippen molar-refractivity contribution in [3.63, 3.8) is 0 Å². The third-order valence-electron chi connectivity index (χ3n) is 5.53. The molecule has 9 heteroatoms. The van der Waals surface area contributed by atoms with E-state index in [-0.39, 0.29) is 17.5 Å². The number of nitrogens with one attached hydrogen (secondary N) is 3. The molecule has 1 amide bonds. The quantitative estimate of drug-likeness (QED) is 0.570. The van der Waals surface area contributed by atoms with Crippen LogP contribution in [0.25, 0.3) is 11.1 Å². The largest absolute Gasteiger partial charge is 0.379 e. The number of morpholine rings is 1. The molecule has 164 valence electrons. The fourth-order valence-corrected chi connectivity index (χ4v) is 3.67. The standard InChI is InChI=1S/C22H28N6O3/c1-23-20-12-16(4-5-24-20)17-11-19(22(30)25-13-17)26-18-14-28(15-18)21(29)3-2-6-27-7-9-31-10-8-27/h2-5,11-13,18,26H,6-10,14-15H2,1H3,(H,23,24)(H,25,30)/b3-2+. The minimum atomic E-state index is -0.179. The molecule has 2 aliphatic rings. The van der Waals surface area contributed by atoms with E-state index in [1.54, 1.807) is 23.4 Å². The van der Waals surface area contributed by atoms with Crippen molar-refractivity contribution in [1.29, 1.82) is 0 Å². The van der Waals surface area contributed by atoms with Gasteiger partial charge in [0.25, 0.3) is 5.56 Å². The van der Waals surface area contributed by atoms with Crippen LogP contribution in [0.2, 0.25) is 0 Å². The van der Waals surface area contributed by atoms with E-state index in [0.717, 1.165) is 49.8 Å². The minimum Gasteiger partial charge on any atom is -0.379 e. The first-order chi connectivity index (χ1) is 15.1. The maximum atomic E-state index is 12.3. The number of hydrogen-bond donors (Lipinski definition) is 3. The molecule has 2 aromatic rings. The van der Waals surface area contributed by atoms with Crippen molar-refractivity contribution in [2.24, 2.45) is 0 Å². The van der Waals surface area contributed by atoms with Crippen molar-refractivity contribution in [1.82, 2.24) is 19.8 Å². The number of anilines is 2. The molecule has 0 radical (unpaired) electrons. The Morgan fingerprint density at radius 3 is 2.87 bits per heavy atom. The molecule has 31 heavy (non-hydrogen) atoms. The molecule has 4 rings (SSSR count). The summed E-state index contributed by atoms with van der Waals surface area (Å²) in [5, 5.41) is 6.28. The summed E-state index contributed by atoms with van der Waals surface area (Å²) in [5.41, 5.74) is 2.16. The lowest BCUT2D eigenvalue weighted by atomic mass is 10.1. The fraction of sp³-hybridized carbons (Fsp3) is 0.409. The van der Waals surface area contributed by atoms with Crippen LogP contribution < -0.4 is 16.2 Å². The van der Waals surface area contributed by atoms with Crippen molar-refractivity contribution in [2.75, 3.05) is 63.6 Å². The molecule has 0 aliphatic carbocycles. The van der Waals surface area contributed by atoms with Crippen LogP contribution in [0.1, 0.15) is 0 Å². The first-order valence-corrected chi connectivity index (χ1v) is 10.5. The average molecular weight is 425 g/mol. The first kappa shape index (κ1) is 21.1. The van der Waals surface area contributed by atoms with Crippen LogP contribution in [0.15, 0.2) is 47.5 Å². The van der Waals surface area contributed by atoms with Gasteiger partial charge in [0.05, 0.1) is 19.3 Å². The number of ether oxygens (including phenoxy) is 1. The van der Waals surface area contributed by atoms with E-state index in [1.165, 1.54) is 0 Å². The molecule has 0 bridgehead atoms. The smallest absolute Gasteiger partial charge is 0.271 e. The van der Waals surface area contributed by atoms with Crippen LogP contribution in [0, 0.1) is 0 Å². The van der Waals surface area contributed by atoms with Gasteiger partial charge in [0.15, 0.2) is 0 Å². The van der Waals surface area contributed by atoms with Gasteiger partial charge >= 0.3 is 0 Å². The lowest BCUT2D eigenvalue weighted by Crippen LogP contribution is -2.57. The zero-order chi connectivity index (χ0) is 21.6. The van der Waals surface area contributed by atoms with Gasteiger partial charge in [-0.3, -0.25) is 14.5 Å². The monoisotopic (exact) mass is 424 g/mol. The van der Waals surface area contributed by atoms with Gasteiger partial charge in [-0.15, -0.1) is 0 Å². The molecule has 0 saturated carbocycles. The predicted molar refractivity (Wildman–Crippen MR) is 120 cm³/mol. The second kappa shape index (κ2) is 9.76. The number of H-pyrrole nitrogens is 1. The molecule has 0 atom stereocenters. The third kappa shape index (κ3) is 5.31. The third-order valence-corrected chi connectivity index (χ3v) is 5.53. The molecular weight excluding hydrogens is 396 g/mol. The van der Waals surface area contributed by atoms with Crippen LogP contribution in [0.4, 0.5) is 11.5 Å². The highest BCUT2D eigenvalue weighted by Gasteiger charge is 2.29. The van der Waals surface area contributed by atoms with E-state index in [9.17, 15) is 9.59 Å². The topological polar surface area (TPSA) is 103 Å². The van der Waals surface area contributed by atoms with Crippen molar-refractivity contribution in [3.05, 3.63) is 53.1 Å². The van der Waals surface area contributed by atoms with Gasteiger partial charge in [0, 0.05) is 63.8 Å². The Kier molecular flexibility index (Phi) is 6.63. The van der Waals surface area contributed by atoms with E-state index in [4.69, 9.17) is 4.74 Å². The first-order valence-electron chi connectivity index (χ1n) is 10.5. The Balaban J connectivity index is 1.30. The summed E-state index contributed by atoms with van der Waals surface area (Å²) < 4.78 is 5.33. The van der Waals surface area contributed by atoms with Crippen LogP contribution in [0.3, 0.4) is 0 Å². The number of amides is 1. The maximum Gasteiger partial charge on any atom is 0.271 e. The number of aromatic nitrogens is 2. The van der Waals surface area contributed by atoms with E-state index in [0.29, 0.717) is 18.8 Å². The molecule has 2 saturated heterocycles. The zero-order valence-corrected chi connectivity index (χ0v) is 17.6. The minimum absolute atomic E-state index is 0.00495. The van der Waals surface area contributed by atoms with Gasteiger partial charge in [-0.1, -0.05) is 6.08 Å². The summed E-state index contributed by atoms with van der Waals surface area (Å²) in [6.07, 6.45) is 6.97. The summed E-state index contributed by atoms with van der Waals surface area (Å²) in [4.78, 5) is 35.6. The average Bonchev–Trinajstić information content (AvgIpc) is 2.77. The fourth-order valence-electron chi connectivity index (χ4n) is 3.67. The van der Waals surface area contributed by atoms with Crippen molar-refractivity contribution in [2.45, 2.75) is 6.04 Å².